The minimum atomic E-state index is 0.301. The van der Waals surface area contributed by atoms with Crippen molar-refractivity contribution in [2.75, 3.05) is 13.7 Å². The van der Waals surface area contributed by atoms with E-state index in [4.69, 9.17) is 15.2 Å². The van der Waals surface area contributed by atoms with Crippen LogP contribution in [0.4, 0.5) is 0 Å². The first-order valence-corrected chi connectivity index (χ1v) is 6.09. The molecule has 19 heavy (non-hydrogen) atoms. The van der Waals surface area contributed by atoms with Gasteiger partial charge in [-0.05, 0) is 24.1 Å². The molecule has 0 radical (unpaired) electrons. The molecule has 0 spiro atoms. The summed E-state index contributed by atoms with van der Waals surface area (Å²) in [5, 5.41) is 0. The fourth-order valence-corrected chi connectivity index (χ4v) is 1.64. The first-order valence-electron chi connectivity index (χ1n) is 6.09. The van der Waals surface area contributed by atoms with Gasteiger partial charge in [-0.15, -0.1) is 0 Å². The zero-order chi connectivity index (χ0) is 13.5. The first kappa shape index (κ1) is 13.5. The Morgan fingerprint density at radius 3 is 2.53 bits per heavy atom. The molecule has 0 aliphatic carbocycles. The molecule has 0 unspecified atom stereocenters. The van der Waals surface area contributed by atoms with Crippen LogP contribution in [-0.2, 0) is 17.7 Å². The third kappa shape index (κ3) is 3.74. The third-order valence-electron chi connectivity index (χ3n) is 2.66. The van der Waals surface area contributed by atoms with E-state index >= 15 is 0 Å². The molecule has 5 heteroatoms. The molecule has 0 atom stereocenters. The Kier molecular flexibility index (Phi) is 4.83. The van der Waals surface area contributed by atoms with Crippen molar-refractivity contribution in [2.24, 2.45) is 5.73 Å². The maximum atomic E-state index is 5.67. The lowest BCUT2D eigenvalue weighted by Crippen LogP contribution is -2.03. The van der Waals surface area contributed by atoms with Crippen LogP contribution in [0, 0.1) is 0 Å². The Balaban J connectivity index is 2.06. The summed E-state index contributed by atoms with van der Waals surface area (Å²) in [6, 6.07) is 7.82. The van der Waals surface area contributed by atoms with Crippen LogP contribution in [0.2, 0.25) is 0 Å². The molecule has 1 heterocycles. The van der Waals surface area contributed by atoms with Gasteiger partial charge in [-0.25, -0.2) is 4.98 Å². The van der Waals surface area contributed by atoms with Crippen LogP contribution in [0.25, 0.3) is 0 Å². The molecule has 0 aliphatic rings. The van der Waals surface area contributed by atoms with E-state index < -0.39 is 0 Å². The molecule has 1 aromatic heterocycles. The fraction of sp³-hybridized carbons (Fsp3) is 0.286. The molecular weight excluding hydrogens is 242 g/mol. The van der Waals surface area contributed by atoms with Crippen LogP contribution in [0.5, 0.6) is 11.6 Å². The third-order valence-corrected chi connectivity index (χ3v) is 2.66. The van der Waals surface area contributed by atoms with Gasteiger partial charge in [0.25, 0.3) is 0 Å². The number of hydrogen-bond donors (Lipinski definition) is 1. The van der Waals surface area contributed by atoms with E-state index in [1.165, 1.54) is 5.56 Å². The number of ether oxygens (including phenoxy) is 2. The summed E-state index contributed by atoms with van der Waals surface area (Å²) in [5.41, 5.74) is 7.43. The average Bonchev–Trinajstić information content (AvgIpc) is 2.47. The molecule has 2 rings (SSSR count). The number of methoxy groups -OCH3 is 1. The topological polar surface area (TPSA) is 70.3 Å². The quantitative estimate of drug-likeness (QED) is 0.858. The number of nitrogens with two attached hydrogens (primary N) is 1. The smallest absolute Gasteiger partial charge is 0.242 e. The highest BCUT2D eigenvalue weighted by molar-refractivity contribution is 5.31. The van der Waals surface area contributed by atoms with Gasteiger partial charge in [0.15, 0.2) is 0 Å². The molecule has 2 aromatic rings. The lowest BCUT2D eigenvalue weighted by molar-refractivity contribution is 0.202. The van der Waals surface area contributed by atoms with Crippen molar-refractivity contribution in [3.05, 3.63) is 47.9 Å². The molecule has 100 valence electrons. The van der Waals surface area contributed by atoms with Gasteiger partial charge in [-0.2, -0.15) is 0 Å². The maximum absolute atomic E-state index is 5.67. The lowest BCUT2D eigenvalue weighted by Gasteiger charge is -2.08. The van der Waals surface area contributed by atoms with Gasteiger partial charge in [-0.3, -0.25) is 4.98 Å². The number of hydrogen-bond acceptors (Lipinski definition) is 5. The molecule has 0 amide bonds. The normalized spacial score (nSPS) is 10.4. The van der Waals surface area contributed by atoms with Crippen LogP contribution >= 0.6 is 0 Å². The van der Waals surface area contributed by atoms with Crippen LogP contribution in [0.1, 0.15) is 11.3 Å². The van der Waals surface area contributed by atoms with Gasteiger partial charge in [0.1, 0.15) is 11.4 Å². The molecule has 1 aromatic carbocycles. The van der Waals surface area contributed by atoms with Crippen molar-refractivity contribution in [1.29, 1.82) is 0 Å². The van der Waals surface area contributed by atoms with E-state index in [2.05, 4.69) is 9.97 Å². The van der Waals surface area contributed by atoms with Gasteiger partial charge >= 0.3 is 0 Å². The first-order chi connectivity index (χ1) is 9.33. The Labute approximate surface area is 112 Å². The van der Waals surface area contributed by atoms with Crippen LogP contribution in [-0.4, -0.2) is 23.7 Å². The fourth-order valence-electron chi connectivity index (χ4n) is 1.64. The zero-order valence-corrected chi connectivity index (χ0v) is 10.9. The highest BCUT2D eigenvalue weighted by atomic mass is 16.5. The van der Waals surface area contributed by atoms with Crippen LogP contribution in [0.3, 0.4) is 0 Å². The van der Waals surface area contributed by atoms with Crippen molar-refractivity contribution in [1.82, 2.24) is 9.97 Å². The maximum Gasteiger partial charge on any atom is 0.242 e. The summed E-state index contributed by atoms with van der Waals surface area (Å²) >= 11 is 0. The number of benzene rings is 1. The Bertz CT molecular complexity index is 514. The summed E-state index contributed by atoms with van der Waals surface area (Å²) in [4.78, 5) is 8.25. The summed E-state index contributed by atoms with van der Waals surface area (Å²) in [6.45, 7) is 1.01. The molecule has 5 nitrogen and oxygen atoms in total. The summed E-state index contributed by atoms with van der Waals surface area (Å²) < 4.78 is 10.7. The van der Waals surface area contributed by atoms with Crippen molar-refractivity contribution < 1.29 is 9.47 Å². The molecule has 0 saturated carbocycles. The largest absolute Gasteiger partial charge is 0.437 e. The van der Waals surface area contributed by atoms with Gasteiger partial charge in [0, 0.05) is 26.0 Å². The van der Waals surface area contributed by atoms with E-state index in [0.717, 1.165) is 12.2 Å². The molecule has 0 fully saturated rings. The average molecular weight is 259 g/mol. The second-order valence-corrected chi connectivity index (χ2v) is 4.00. The molecule has 2 N–H and O–H groups in total. The predicted molar refractivity (Wildman–Crippen MR) is 72.0 cm³/mol. The zero-order valence-electron chi connectivity index (χ0n) is 10.9. The molecular formula is C14H17N3O2. The van der Waals surface area contributed by atoms with Gasteiger partial charge < -0.3 is 15.2 Å². The number of rotatable bonds is 6. The standard InChI is InChI=1S/C14H17N3O2/c1-18-9-6-11-2-4-12(5-3-11)19-14-13(10-15)16-7-8-17-14/h2-5,7-8H,6,9-10,15H2,1H3. The molecule has 0 bridgehead atoms. The van der Waals surface area contributed by atoms with E-state index in [1.54, 1.807) is 19.5 Å². The Morgan fingerprint density at radius 2 is 1.84 bits per heavy atom. The number of aromatic nitrogens is 2. The van der Waals surface area contributed by atoms with Crippen molar-refractivity contribution in [2.45, 2.75) is 13.0 Å². The van der Waals surface area contributed by atoms with Crippen LogP contribution < -0.4 is 10.5 Å². The lowest BCUT2D eigenvalue weighted by atomic mass is 10.1. The van der Waals surface area contributed by atoms with E-state index in [9.17, 15) is 0 Å². The van der Waals surface area contributed by atoms with Gasteiger partial charge in [0.2, 0.25) is 5.88 Å². The number of nitrogens with zero attached hydrogens (tertiary/aromatic N) is 2. The Morgan fingerprint density at radius 1 is 1.11 bits per heavy atom. The minimum Gasteiger partial charge on any atom is -0.437 e. The summed E-state index contributed by atoms with van der Waals surface area (Å²) in [7, 11) is 1.69. The van der Waals surface area contributed by atoms with Crippen molar-refractivity contribution in [3.8, 4) is 11.6 Å². The molecule has 0 aliphatic heterocycles. The molecule has 0 saturated heterocycles. The van der Waals surface area contributed by atoms with Crippen LogP contribution in [0.15, 0.2) is 36.7 Å². The highest BCUT2D eigenvalue weighted by Gasteiger charge is 2.05. The minimum absolute atomic E-state index is 0.301. The SMILES string of the molecule is COCCc1ccc(Oc2nccnc2CN)cc1. The predicted octanol–water partition coefficient (Wildman–Crippen LogP) is 1.92. The Hall–Kier alpha value is -1.98. The second kappa shape index (κ2) is 6.82. The van der Waals surface area contributed by atoms with Gasteiger partial charge in [0.05, 0.1) is 6.61 Å². The summed E-state index contributed by atoms with van der Waals surface area (Å²) in [6.07, 6.45) is 4.07. The monoisotopic (exact) mass is 259 g/mol. The van der Waals surface area contributed by atoms with E-state index in [0.29, 0.717) is 24.7 Å². The summed E-state index contributed by atoms with van der Waals surface area (Å²) in [5.74, 6) is 1.17. The van der Waals surface area contributed by atoms with Gasteiger partial charge in [-0.1, -0.05) is 12.1 Å². The van der Waals surface area contributed by atoms with Crippen molar-refractivity contribution >= 4 is 0 Å². The second-order valence-electron chi connectivity index (χ2n) is 4.00. The highest BCUT2D eigenvalue weighted by Crippen LogP contribution is 2.21. The van der Waals surface area contributed by atoms with E-state index in [-0.39, 0.29) is 0 Å². The van der Waals surface area contributed by atoms with Crippen molar-refractivity contribution in [3.63, 3.8) is 0 Å². The van der Waals surface area contributed by atoms with E-state index in [1.807, 2.05) is 24.3 Å².